The van der Waals surface area contributed by atoms with Gasteiger partial charge in [0.15, 0.2) is 0 Å². The molecule has 1 aliphatic carbocycles. The van der Waals surface area contributed by atoms with Crippen LogP contribution in [-0.2, 0) is 14.4 Å². The number of likely N-dealkylation sites (tertiary alicyclic amines) is 1. The van der Waals surface area contributed by atoms with Gasteiger partial charge in [0.1, 0.15) is 6.04 Å². The number of fused-ring (bicyclic) bond motifs is 1. The average Bonchev–Trinajstić information content (AvgIpc) is 3.39. The Balaban J connectivity index is 1.59. The summed E-state index contributed by atoms with van der Waals surface area (Å²) < 4.78 is -0.478. The normalized spacial score (nSPS) is 35.5. The summed E-state index contributed by atoms with van der Waals surface area (Å²) in [5.74, 6) is -0.854. The van der Waals surface area contributed by atoms with E-state index in [2.05, 4.69) is 10.6 Å². The standard InChI is InChI=1S/C22H35N3O4S/c1-23-19(27)16-15-10-11-22(30-15)17(16)21(29)25(12-6-3-7-13-26)18(22)20(28)24-14-8-4-2-5-9-14/h14-18,26H,2-13H2,1H3,(H,23,27)(H,24,28)/t15-,16+,17-,18?,22?/m0/s1. The highest BCUT2D eigenvalue weighted by Gasteiger charge is 2.73. The highest BCUT2D eigenvalue weighted by molar-refractivity contribution is 8.02. The fourth-order valence-corrected chi connectivity index (χ4v) is 8.48. The van der Waals surface area contributed by atoms with Crippen molar-refractivity contribution in [3.63, 3.8) is 0 Å². The monoisotopic (exact) mass is 437 g/mol. The number of nitrogens with one attached hydrogen (secondary N) is 2. The molecule has 3 aliphatic heterocycles. The molecule has 1 spiro atoms. The molecule has 0 aromatic heterocycles. The van der Waals surface area contributed by atoms with Crippen molar-refractivity contribution in [2.24, 2.45) is 11.8 Å². The van der Waals surface area contributed by atoms with E-state index < -0.39 is 16.7 Å². The zero-order valence-corrected chi connectivity index (χ0v) is 18.7. The Morgan fingerprint density at radius 2 is 1.90 bits per heavy atom. The van der Waals surface area contributed by atoms with Crippen molar-refractivity contribution < 1.29 is 19.5 Å². The topological polar surface area (TPSA) is 98.7 Å². The maximum Gasteiger partial charge on any atom is 0.244 e. The average molecular weight is 438 g/mol. The Morgan fingerprint density at radius 3 is 2.60 bits per heavy atom. The first-order valence-electron chi connectivity index (χ1n) is 11.6. The lowest BCUT2D eigenvalue weighted by Gasteiger charge is -2.35. The van der Waals surface area contributed by atoms with Gasteiger partial charge in [-0.3, -0.25) is 14.4 Å². The van der Waals surface area contributed by atoms with Crippen LogP contribution in [0, 0.1) is 11.8 Å². The van der Waals surface area contributed by atoms with Gasteiger partial charge in [0, 0.05) is 31.5 Å². The molecule has 0 aromatic rings. The van der Waals surface area contributed by atoms with Crippen molar-refractivity contribution in [1.82, 2.24) is 15.5 Å². The zero-order chi connectivity index (χ0) is 21.3. The predicted octanol–water partition coefficient (Wildman–Crippen LogP) is 1.44. The van der Waals surface area contributed by atoms with Crippen molar-refractivity contribution in [2.75, 3.05) is 20.2 Å². The number of nitrogens with zero attached hydrogens (tertiary/aromatic N) is 1. The van der Waals surface area contributed by atoms with Crippen molar-refractivity contribution >= 4 is 29.5 Å². The molecule has 3 amide bonds. The summed E-state index contributed by atoms with van der Waals surface area (Å²) in [6.07, 6.45) is 9.53. The second-order valence-corrected chi connectivity index (χ2v) is 10.9. The number of amides is 3. The highest BCUT2D eigenvalue weighted by Crippen LogP contribution is 2.66. The summed E-state index contributed by atoms with van der Waals surface area (Å²) >= 11 is 1.73. The van der Waals surface area contributed by atoms with Crippen LogP contribution in [0.5, 0.6) is 0 Å². The van der Waals surface area contributed by atoms with Crippen LogP contribution in [0.25, 0.3) is 0 Å². The van der Waals surface area contributed by atoms with Crippen LogP contribution >= 0.6 is 11.8 Å². The van der Waals surface area contributed by atoms with Crippen LogP contribution in [0.4, 0.5) is 0 Å². The maximum absolute atomic E-state index is 13.6. The van der Waals surface area contributed by atoms with Crippen molar-refractivity contribution in [3.05, 3.63) is 0 Å². The van der Waals surface area contributed by atoms with Gasteiger partial charge >= 0.3 is 0 Å². The molecule has 30 heavy (non-hydrogen) atoms. The third-order valence-electron chi connectivity index (χ3n) is 7.61. The van der Waals surface area contributed by atoms with Gasteiger partial charge in [-0.2, -0.15) is 0 Å². The molecule has 3 N–H and O–H groups in total. The Labute approximate surface area is 183 Å². The molecule has 8 heteroatoms. The van der Waals surface area contributed by atoms with Gasteiger partial charge in [-0.05, 0) is 44.9 Å². The number of unbranched alkanes of at least 4 members (excludes halogenated alkanes) is 2. The lowest BCUT2D eigenvalue weighted by Crippen LogP contribution is -2.55. The molecule has 2 unspecified atom stereocenters. The first-order valence-corrected chi connectivity index (χ1v) is 12.5. The van der Waals surface area contributed by atoms with Crippen LogP contribution < -0.4 is 10.6 Å². The summed E-state index contributed by atoms with van der Waals surface area (Å²) in [6, 6.07) is -0.290. The number of thioether (sulfide) groups is 1. The van der Waals surface area contributed by atoms with Gasteiger partial charge in [0.25, 0.3) is 0 Å². The molecule has 4 rings (SSSR count). The number of aliphatic hydroxyl groups excluding tert-OH is 1. The van der Waals surface area contributed by atoms with Crippen molar-refractivity contribution in [1.29, 1.82) is 0 Å². The van der Waals surface area contributed by atoms with Crippen molar-refractivity contribution in [3.8, 4) is 0 Å². The number of carbonyl (C=O) groups excluding carboxylic acids is 3. The van der Waals surface area contributed by atoms with Crippen LogP contribution in [0.1, 0.15) is 64.2 Å². The maximum atomic E-state index is 13.6. The molecular weight excluding hydrogens is 402 g/mol. The second-order valence-electron chi connectivity index (χ2n) is 9.33. The summed E-state index contributed by atoms with van der Waals surface area (Å²) in [5, 5.41) is 15.2. The summed E-state index contributed by atoms with van der Waals surface area (Å²) in [5.41, 5.74) is 0. The number of rotatable bonds is 8. The molecule has 3 saturated heterocycles. The predicted molar refractivity (Wildman–Crippen MR) is 116 cm³/mol. The number of aliphatic hydroxyl groups is 1. The smallest absolute Gasteiger partial charge is 0.244 e. The van der Waals surface area contributed by atoms with Crippen LogP contribution in [-0.4, -0.2) is 70.0 Å². The van der Waals surface area contributed by atoms with Gasteiger partial charge < -0.3 is 20.6 Å². The molecule has 5 atom stereocenters. The van der Waals surface area contributed by atoms with Gasteiger partial charge in [-0.25, -0.2) is 0 Å². The van der Waals surface area contributed by atoms with Crippen LogP contribution in [0.3, 0.4) is 0 Å². The van der Waals surface area contributed by atoms with E-state index in [9.17, 15) is 14.4 Å². The van der Waals surface area contributed by atoms with Gasteiger partial charge in [-0.1, -0.05) is 19.3 Å². The summed E-state index contributed by atoms with van der Waals surface area (Å²) in [7, 11) is 1.63. The molecule has 2 bridgehead atoms. The van der Waals surface area contributed by atoms with Crippen molar-refractivity contribution in [2.45, 2.75) is 86.3 Å². The lowest BCUT2D eigenvalue weighted by molar-refractivity contribution is -0.140. The minimum absolute atomic E-state index is 0.0221. The molecule has 1 saturated carbocycles. The zero-order valence-electron chi connectivity index (χ0n) is 17.9. The Morgan fingerprint density at radius 1 is 1.13 bits per heavy atom. The molecule has 4 aliphatic rings. The first kappa shape index (κ1) is 21.9. The van der Waals surface area contributed by atoms with E-state index in [-0.39, 0.29) is 41.5 Å². The number of carbonyl (C=O) groups is 3. The number of hydrogen-bond acceptors (Lipinski definition) is 5. The van der Waals surface area contributed by atoms with Gasteiger partial charge in [0.2, 0.25) is 17.7 Å². The Bertz CT molecular complexity index is 683. The number of hydrogen-bond donors (Lipinski definition) is 3. The molecule has 3 heterocycles. The second kappa shape index (κ2) is 9.07. The minimum Gasteiger partial charge on any atom is -0.396 e. The highest BCUT2D eigenvalue weighted by atomic mass is 32.2. The molecular formula is C22H35N3O4S. The quantitative estimate of drug-likeness (QED) is 0.499. The van der Waals surface area contributed by atoms with E-state index in [0.717, 1.165) is 51.4 Å². The van der Waals surface area contributed by atoms with Crippen LogP contribution in [0.2, 0.25) is 0 Å². The molecule has 7 nitrogen and oxygen atoms in total. The van der Waals surface area contributed by atoms with E-state index in [1.807, 2.05) is 0 Å². The molecule has 4 fully saturated rings. The van der Waals surface area contributed by atoms with E-state index in [0.29, 0.717) is 13.0 Å². The fraction of sp³-hybridized carbons (Fsp3) is 0.864. The van der Waals surface area contributed by atoms with Crippen LogP contribution in [0.15, 0.2) is 0 Å². The minimum atomic E-state index is -0.490. The Kier molecular flexibility index (Phi) is 6.63. The van der Waals surface area contributed by atoms with E-state index >= 15 is 0 Å². The molecule has 168 valence electrons. The summed E-state index contributed by atoms with van der Waals surface area (Å²) in [6.45, 7) is 0.661. The van der Waals surface area contributed by atoms with E-state index in [4.69, 9.17) is 5.11 Å². The Hall–Kier alpha value is -1.28. The van der Waals surface area contributed by atoms with Gasteiger partial charge in [0.05, 0.1) is 16.6 Å². The van der Waals surface area contributed by atoms with E-state index in [1.54, 1.807) is 23.7 Å². The lowest BCUT2D eigenvalue weighted by atomic mass is 9.70. The summed E-state index contributed by atoms with van der Waals surface area (Å²) in [4.78, 5) is 41.6. The fourth-order valence-electron chi connectivity index (χ4n) is 6.26. The van der Waals surface area contributed by atoms with Gasteiger partial charge in [-0.15, -0.1) is 11.8 Å². The largest absolute Gasteiger partial charge is 0.396 e. The SMILES string of the molecule is CNC(=O)[C@@H]1[C@@H]2CCC3(S2)C(C(=O)NC2CCCCC2)N(CCCCCO)C(=O)[C@H]13. The molecule has 0 radical (unpaired) electrons. The molecule has 0 aromatic carbocycles. The first-order chi connectivity index (χ1) is 14.5. The van der Waals surface area contributed by atoms with E-state index in [1.165, 1.54) is 6.42 Å². The third kappa shape index (κ3) is 3.64. The third-order valence-corrected chi connectivity index (χ3v) is 9.56.